The normalized spacial score (nSPS) is 22.7. The van der Waals surface area contributed by atoms with Gasteiger partial charge in [0.2, 0.25) is 5.91 Å². The van der Waals surface area contributed by atoms with Crippen molar-refractivity contribution in [3.8, 4) is 0 Å². The number of piperidine rings is 1. The third kappa shape index (κ3) is 5.47. The Bertz CT molecular complexity index is 756. The Morgan fingerprint density at radius 1 is 1.13 bits per heavy atom. The molecule has 0 bridgehead atoms. The number of rotatable bonds is 8. The van der Waals surface area contributed by atoms with Crippen LogP contribution in [0.2, 0.25) is 0 Å². The molecule has 4 rings (SSSR count). The van der Waals surface area contributed by atoms with Crippen molar-refractivity contribution in [2.75, 3.05) is 46.4 Å². The van der Waals surface area contributed by atoms with E-state index in [1.54, 1.807) is 15.8 Å². The van der Waals surface area contributed by atoms with Gasteiger partial charge in [-0.15, -0.1) is 0 Å². The molecule has 0 aromatic carbocycles. The molecule has 1 aromatic rings. The number of aryl methyl sites for hydroxylation is 1. The lowest BCUT2D eigenvalue weighted by Gasteiger charge is -2.44. The maximum Gasteiger partial charge on any atom is 0.256 e. The van der Waals surface area contributed by atoms with Crippen LogP contribution in [-0.2, 0) is 16.1 Å². The van der Waals surface area contributed by atoms with Crippen LogP contribution in [0.4, 0.5) is 0 Å². The molecular formula is C23H37N5O3. The maximum absolute atomic E-state index is 12.8. The summed E-state index contributed by atoms with van der Waals surface area (Å²) in [5.74, 6) is 0.653. The molecule has 172 valence electrons. The van der Waals surface area contributed by atoms with Crippen molar-refractivity contribution in [1.29, 1.82) is 0 Å². The minimum absolute atomic E-state index is 0.0146. The van der Waals surface area contributed by atoms with E-state index in [1.807, 2.05) is 20.2 Å². The molecular weight excluding hydrogens is 394 g/mol. The Labute approximate surface area is 185 Å². The zero-order valence-electron chi connectivity index (χ0n) is 19.0. The van der Waals surface area contributed by atoms with Crippen LogP contribution >= 0.6 is 0 Å². The fraction of sp³-hybridized carbons (Fsp3) is 0.783. The third-order valence-electron chi connectivity index (χ3n) is 7.01. The lowest BCUT2D eigenvalue weighted by molar-refractivity contribution is -0.135. The van der Waals surface area contributed by atoms with E-state index in [2.05, 4.69) is 14.9 Å². The van der Waals surface area contributed by atoms with Crippen molar-refractivity contribution in [1.82, 2.24) is 24.5 Å². The first-order chi connectivity index (χ1) is 15.1. The first-order valence-corrected chi connectivity index (χ1v) is 12.0. The number of ether oxygens (including phenoxy) is 1. The van der Waals surface area contributed by atoms with Crippen molar-refractivity contribution >= 4 is 11.8 Å². The molecule has 2 amide bonds. The van der Waals surface area contributed by atoms with Crippen molar-refractivity contribution in [2.24, 2.45) is 5.92 Å². The number of hydrogen-bond acceptors (Lipinski definition) is 5. The van der Waals surface area contributed by atoms with Gasteiger partial charge in [-0.25, -0.2) is 0 Å². The zero-order valence-corrected chi connectivity index (χ0v) is 19.0. The van der Waals surface area contributed by atoms with Crippen LogP contribution in [0, 0.1) is 5.92 Å². The second-order valence-corrected chi connectivity index (χ2v) is 9.25. The van der Waals surface area contributed by atoms with Crippen LogP contribution in [0.3, 0.4) is 0 Å². The number of amides is 2. The highest BCUT2D eigenvalue weighted by atomic mass is 16.5. The Hall–Kier alpha value is -1.93. The molecule has 31 heavy (non-hydrogen) atoms. The molecule has 0 spiro atoms. The van der Waals surface area contributed by atoms with E-state index in [-0.39, 0.29) is 11.8 Å². The average Bonchev–Trinajstić information content (AvgIpc) is 3.55. The fourth-order valence-electron chi connectivity index (χ4n) is 4.93. The maximum atomic E-state index is 12.8. The van der Waals surface area contributed by atoms with Crippen molar-refractivity contribution in [3.05, 3.63) is 18.0 Å². The molecule has 3 heterocycles. The van der Waals surface area contributed by atoms with E-state index in [1.165, 1.54) is 0 Å². The van der Waals surface area contributed by atoms with Crippen LogP contribution in [0.1, 0.15) is 55.8 Å². The van der Waals surface area contributed by atoms with Gasteiger partial charge >= 0.3 is 0 Å². The predicted molar refractivity (Wildman–Crippen MR) is 118 cm³/mol. The van der Waals surface area contributed by atoms with Crippen LogP contribution in [0.25, 0.3) is 0 Å². The number of likely N-dealkylation sites (N-methyl/N-ethyl adjacent to an activating group) is 1. The van der Waals surface area contributed by atoms with Crippen molar-refractivity contribution in [2.45, 2.75) is 64.1 Å². The van der Waals surface area contributed by atoms with Gasteiger partial charge in [-0.3, -0.25) is 19.2 Å². The number of likely N-dealkylation sites (tertiary alicyclic amines) is 1. The largest absolute Gasteiger partial charge is 0.381 e. The number of carbonyl (C=O) groups is 2. The molecule has 0 N–H and O–H groups in total. The first-order valence-electron chi connectivity index (χ1n) is 12.0. The van der Waals surface area contributed by atoms with Gasteiger partial charge in [0.05, 0.1) is 11.8 Å². The minimum atomic E-state index is 0.0146. The number of nitrogens with zero attached hydrogens (tertiary/aromatic N) is 5. The lowest BCUT2D eigenvalue weighted by atomic mass is 9.98. The predicted octanol–water partition coefficient (Wildman–Crippen LogP) is 1.86. The van der Waals surface area contributed by atoms with E-state index in [4.69, 9.17) is 4.74 Å². The SMILES string of the molecule is CCn1cc(C(=O)N(C)CCN(C2CCOCC2)C2CCCN(C(=O)C3CC3)C2)cn1. The molecule has 1 atom stereocenters. The van der Waals surface area contributed by atoms with E-state index in [9.17, 15) is 9.59 Å². The first kappa shape index (κ1) is 22.3. The Balaban J connectivity index is 1.39. The number of carbonyl (C=O) groups excluding carboxylic acids is 2. The molecule has 2 aliphatic heterocycles. The summed E-state index contributed by atoms with van der Waals surface area (Å²) in [5, 5.41) is 4.23. The molecule has 1 unspecified atom stereocenters. The van der Waals surface area contributed by atoms with Crippen LogP contribution in [0.5, 0.6) is 0 Å². The monoisotopic (exact) mass is 431 g/mol. The van der Waals surface area contributed by atoms with Gasteiger partial charge in [0.25, 0.3) is 5.91 Å². The summed E-state index contributed by atoms with van der Waals surface area (Å²) in [6.07, 6.45) is 9.82. The Kier molecular flexibility index (Phi) is 7.27. The summed E-state index contributed by atoms with van der Waals surface area (Å²) in [5.41, 5.74) is 0.640. The van der Waals surface area contributed by atoms with Gasteiger partial charge < -0.3 is 14.5 Å². The van der Waals surface area contributed by atoms with Gasteiger partial charge in [-0.05, 0) is 45.4 Å². The quantitative estimate of drug-likeness (QED) is 0.628. The molecule has 1 saturated carbocycles. The summed E-state index contributed by atoms with van der Waals surface area (Å²) in [4.78, 5) is 32.0. The minimum Gasteiger partial charge on any atom is -0.381 e. The molecule has 8 heteroatoms. The summed E-state index contributed by atoms with van der Waals surface area (Å²) in [6.45, 7) is 7.57. The average molecular weight is 432 g/mol. The third-order valence-corrected chi connectivity index (χ3v) is 7.01. The fourth-order valence-corrected chi connectivity index (χ4v) is 4.93. The summed E-state index contributed by atoms with van der Waals surface area (Å²) in [7, 11) is 1.87. The number of hydrogen-bond donors (Lipinski definition) is 0. The van der Waals surface area contributed by atoms with Gasteiger partial charge in [-0.1, -0.05) is 0 Å². The Morgan fingerprint density at radius 2 is 1.90 bits per heavy atom. The van der Waals surface area contributed by atoms with Crippen LogP contribution in [-0.4, -0.2) is 94.8 Å². The molecule has 1 aromatic heterocycles. The van der Waals surface area contributed by atoms with Crippen molar-refractivity contribution < 1.29 is 14.3 Å². The molecule has 2 saturated heterocycles. The van der Waals surface area contributed by atoms with E-state index in [0.717, 1.165) is 77.9 Å². The standard InChI is InChI=1S/C23H37N5O3/c1-3-27-16-19(15-24-27)22(29)25(2)11-12-28(20-8-13-31-14-9-20)21-5-4-10-26(17-21)23(30)18-6-7-18/h15-16,18,20-21H,3-14,17H2,1-2H3. The smallest absolute Gasteiger partial charge is 0.256 e. The van der Waals surface area contributed by atoms with E-state index < -0.39 is 0 Å². The van der Waals surface area contributed by atoms with Crippen molar-refractivity contribution in [3.63, 3.8) is 0 Å². The summed E-state index contributed by atoms with van der Waals surface area (Å²) < 4.78 is 7.39. The van der Waals surface area contributed by atoms with Gasteiger partial charge in [0.1, 0.15) is 0 Å². The van der Waals surface area contributed by atoms with Crippen LogP contribution < -0.4 is 0 Å². The summed E-state index contributed by atoms with van der Waals surface area (Å²) in [6, 6.07) is 0.826. The highest BCUT2D eigenvalue weighted by molar-refractivity contribution is 5.93. The molecule has 3 fully saturated rings. The van der Waals surface area contributed by atoms with E-state index in [0.29, 0.717) is 30.1 Å². The second kappa shape index (κ2) is 10.1. The highest BCUT2D eigenvalue weighted by Gasteiger charge is 2.38. The topological polar surface area (TPSA) is 70.9 Å². The molecule has 0 radical (unpaired) electrons. The molecule has 3 aliphatic rings. The van der Waals surface area contributed by atoms with Gasteiger partial charge in [0.15, 0.2) is 0 Å². The number of aromatic nitrogens is 2. The Morgan fingerprint density at radius 3 is 2.58 bits per heavy atom. The highest BCUT2D eigenvalue weighted by Crippen LogP contribution is 2.33. The van der Waals surface area contributed by atoms with E-state index >= 15 is 0 Å². The second-order valence-electron chi connectivity index (χ2n) is 9.25. The summed E-state index contributed by atoms with van der Waals surface area (Å²) >= 11 is 0. The van der Waals surface area contributed by atoms with Crippen LogP contribution in [0.15, 0.2) is 12.4 Å². The lowest BCUT2D eigenvalue weighted by Crippen LogP contribution is -2.55. The van der Waals surface area contributed by atoms with Gasteiger partial charge in [0, 0.05) is 77.2 Å². The molecule has 8 nitrogen and oxygen atoms in total. The zero-order chi connectivity index (χ0) is 21.8. The molecule has 1 aliphatic carbocycles. The van der Waals surface area contributed by atoms with Gasteiger partial charge in [-0.2, -0.15) is 5.10 Å².